The summed E-state index contributed by atoms with van der Waals surface area (Å²) in [4.78, 5) is 20.3. The van der Waals surface area contributed by atoms with Gasteiger partial charge in [0, 0.05) is 33.9 Å². The second kappa shape index (κ2) is 5.51. The molecule has 2 aromatic heterocycles. The molecule has 0 aliphatic carbocycles. The van der Waals surface area contributed by atoms with Crippen LogP contribution in [0.4, 0.5) is 0 Å². The first kappa shape index (κ1) is 14.5. The molecule has 5 heterocycles. The van der Waals surface area contributed by atoms with Gasteiger partial charge in [-0.05, 0) is 44.8 Å². The molecule has 6 heteroatoms. The molecule has 4 nitrogen and oxygen atoms in total. The van der Waals surface area contributed by atoms with Crippen molar-refractivity contribution in [3.05, 3.63) is 23.3 Å². The smallest absolute Gasteiger partial charge is 0.270 e. The number of pyridine rings is 1. The number of nitrogens with one attached hydrogen (secondary N) is 1. The van der Waals surface area contributed by atoms with Crippen LogP contribution in [0.5, 0.6) is 0 Å². The molecule has 3 aliphatic rings. The topological polar surface area (TPSA) is 45.2 Å². The number of hydrogen-bond donors (Lipinski definition) is 2. The Labute approximate surface area is 139 Å². The highest BCUT2D eigenvalue weighted by atomic mass is 32.1. The third-order valence-electron chi connectivity index (χ3n) is 5.15. The van der Waals surface area contributed by atoms with Crippen molar-refractivity contribution in [2.45, 2.75) is 36.7 Å². The van der Waals surface area contributed by atoms with Crippen molar-refractivity contribution in [2.24, 2.45) is 5.92 Å². The molecule has 2 bridgehead atoms. The molecular weight excluding hydrogens is 314 g/mol. The van der Waals surface area contributed by atoms with Gasteiger partial charge in [0.15, 0.2) is 0 Å². The minimum atomic E-state index is -0.0635. The monoisotopic (exact) mass is 333 g/mol. The highest BCUT2D eigenvalue weighted by Gasteiger charge is 2.40. The van der Waals surface area contributed by atoms with Gasteiger partial charge in [0.25, 0.3) is 5.91 Å². The normalized spacial score (nSPS) is 30.6. The van der Waals surface area contributed by atoms with E-state index >= 15 is 0 Å². The Balaban J connectivity index is 1.57. The third-order valence-corrected chi connectivity index (χ3v) is 6.63. The van der Waals surface area contributed by atoms with Gasteiger partial charge in [-0.1, -0.05) is 0 Å². The molecule has 0 radical (unpaired) electrons. The van der Waals surface area contributed by atoms with Gasteiger partial charge in [-0.3, -0.25) is 9.69 Å². The first-order chi connectivity index (χ1) is 10.6. The fourth-order valence-electron chi connectivity index (χ4n) is 3.81. The molecule has 116 valence electrons. The van der Waals surface area contributed by atoms with E-state index in [4.69, 9.17) is 0 Å². The zero-order valence-corrected chi connectivity index (χ0v) is 14.2. The van der Waals surface area contributed by atoms with Gasteiger partial charge in [-0.25, -0.2) is 4.98 Å². The standard InChI is InChI=1S/C16H19N3OS2/c1-9-15(10-2-4-19(9)5-3-10)18-16(20)12-6-11-13(21)8-22-14(11)7-17-12/h6-10,15,21H,2-5H2,1H3,(H,18,20). The molecule has 2 aromatic rings. The summed E-state index contributed by atoms with van der Waals surface area (Å²) in [6.07, 6.45) is 4.15. The number of aromatic nitrogens is 1. The van der Waals surface area contributed by atoms with Crippen molar-refractivity contribution >= 4 is 40.0 Å². The fourth-order valence-corrected chi connectivity index (χ4v) is 5.01. The van der Waals surface area contributed by atoms with Crippen LogP contribution >= 0.6 is 24.0 Å². The number of carbonyl (C=O) groups excluding carboxylic acids is 1. The zero-order valence-electron chi connectivity index (χ0n) is 12.5. The molecule has 3 aliphatic heterocycles. The number of rotatable bonds is 2. The molecule has 5 rings (SSSR count). The summed E-state index contributed by atoms with van der Waals surface area (Å²) in [7, 11) is 0. The predicted octanol–water partition coefficient (Wildman–Crippen LogP) is 2.80. The summed E-state index contributed by atoms with van der Waals surface area (Å²) in [6, 6.07) is 2.52. The van der Waals surface area contributed by atoms with Gasteiger partial charge in [-0.2, -0.15) is 0 Å². The summed E-state index contributed by atoms with van der Waals surface area (Å²) >= 11 is 6.04. The van der Waals surface area contributed by atoms with Gasteiger partial charge in [0.1, 0.15) is 5.69 Å². The maximum Gasteiger partial charge on any atom is 0.270 e. The van der Waals surface area contributed by atoms with Crippen LogP contribution in [-0.4, -0.2) is 41.0 Å². The number of fused-ring (bicyclic) bond motifs is 4. The minimum Gasteiger partial charge on any atom is -0.346 e. The quantitative estimate of drug-likeness (QED) is 0.831. The number of thiophene rings is 1. The Morgan fingerprint density at radius 2 is 2.23 bits per heavy atom. The molecule has 1 N–H and O–H groups in total. The molecule has 2 atom stereocenters. The van der Waals surface area contributed by atoms with Crippen LogP contribution in [0.1, 0.15) is 30.3 Å². The van der Waals surface area contributed by atoms with E-state index in [0.29, 0.717) is 17.7 Å². The van der Waals surface area contributed by atoms with Crippen LogP contribution in [-0.2, 0) is 0 Å². The molecular formula is C16H19N3OS2. The van der Waals surface area contributed by atoms with Crippen molar-refractivity contribution in [1.82, 2.24) is 15.2 Å². The first-order valence-corrected chi connectivity index (χ1v) is 9.07. The predicted molar refractivity (Wildman–Crippen MR) is 91.9 cm³/mol. The van der Waals surface area contributed by atoms with Crippen LogP contribution < -0.4 is 5.32 Å². The summed E-state index contributed by atoms with van der Waals surface area (Å²) < 4.78 is 1.07. The van der Waals surface area contributed by atoms with Gasteiger partial charge in [0.05, 0.1) is 4.70 Å². The molecule has 1 amide bonds. The summed E-state index contributed by atoms with van der Waals surface area (Å²) in [5.41, 5.74) is 0.491. The van der Waals surface area contributed by atoms with E-state index in [9.17, 15) is 4.79 Å². The first-order valence-electron chi connectivity index (χ1n) is 7.74. The molecule has 0 aromatic carbocycles. The maximum absolute atomic E-state index is 12.6. The van der Waals surface area contributed by atoms with Crippen molar-refractivity contribution in [3.63, 3.8) is 0 Å². The van der Waals surface area contributed by atoms with E-state index in [1.165, 1.54) is 25.9 Å². The lowest BCUT2D eigenvalue weighted by molar-refractivity contribution is 0.0216. The lowest BCUT2D eigenvalue weighted by atomic mass is 9.79. The van der Waals surface area contributed by atoms with E-state index in [-0.39, 0.29) is 11.9 Å². The highest BCUT2D eigenvalue weighted by molar-refractivity contribution is 7.80. The molecule has 3 saturated heterocycles. The number of nitrogens with zero attached hydrogens (tertiary/aromatic N) is 2. The Hall–Kier alpha value is -1.11. The molecule has 0 spiro atoms. The number of hydrogen-bond acceptors (Lipinski definition) is 5. The molecule has 0 saturated carbocycles. The van der Waals surface area contributed by atoms with Gasteiger partial charge in [-0.15, -0.1) is 24.0 Å². The van der Waals surface area contributed by atoms with Crippen molar-refractivity contribution < 1.29 is 4.79 Å². The summed E-state index contributed by atoms with van der Waals surface area (Å²) in [5.74, 6) is 0.542. The number of carbonyl (C=O) groups is 1. The largest absolute Gasteiger partial charge is 0.346 e. The SMILES string of the molecule is CC1C(NC(=O)c2cc3c(S)csc3cn2)C2CCN1CC2. The average Bonchev–Trinajstić information content (AvgIpc) is 2.92. The minimum absolute atomic E-state index is 0.0635. The second-order valence-electron chi connectivity index (χ2n) is 6.30. The van der Waals surface area contributed by atoms with Crippen molar-refractivity contribution in [3.8, 4) is 0 Å². The average molecular weight is 333 g/mol. The number of thiol groups is 1. The van der Waals surface area contributed by atoms with Crippen LogP contribution in [0, 0.1) is 5.92 Å². The summed E-state index contributed by atoms with van der Waals surface area (Å²) in [6.45, 7) is 4.55. The zero-order chi connectivity index (χ0) is 15.3. The van der Waals surface area contributed by atoms with Crippen LogP contribution in [0.2, 0.25) is 0 Å². The number of piperidine rings is 3. The van der Waals surface area contributed by atoms with E-state index in [2.05, 4.69) is 34.8 Å². The van der Waals surface area contributed by atoms with E-state index in [0.717, 1.165) is 15.0 Å². The molecule has 2 unspecified atom stereocenters. The fraction of sp³-hybridized carbons (Fsp3) is 0.500. The van der Waals surface area contributed by atoms with Gasteiger partial charge < -0.3 is 5.32 Å². The Morgan fingerprint density at radius 3 is 2.95 bits per heavy atom. The Kier molecular flexibility index (Phi) is 3.63. The van der Waals surface area contributed by atoms with Crippen LogP contribution in [0.15, 0.2) is 22.5 Å². The van der Waals surface area contributed by atoms with E-state index < -0.39 is 0 Å². The van der Waals surface area contributed by atoms with Crippen molar-refractivity contribution in [2.75, 3.05) is 13.1 Å². The van der Waals surface area contributed by atoms with Crippen molar-refractivity contribution in [1.29, 1.82) is 0 Å². The lowest BCUT2D eigenvalue weighted by Gasteiger charge is -2.49. The third kappa shape index (κ3) is 2.33. The summed E-state index contributed by atoms with van der Waals surface area (Å²) in [5, 5.41) is 6.22. The second-order valence-corrected chi connectivity index (χ2v) is 7.69. The van der Waals surface area contributed by atoms with Gasteiger partial charge >= 0.3 is 0 Å². The Morgan fingerprint density at radius 1 is 1.45 bits per heavy atom. The maximum atomic E-state index is 12.6. The van der Waals surface area contributed by atoms with E-state index in [1.54, 1.807) is 17.5 Å². The highest BCUT2D eigenvalue weighted by Crippen LogP contribution is 2.32. The molecule has 3 fully saturated rings. The van der Waals surface area contributed by atoms with Crippen LogP contribution in [0.3, 0.4) is 0 Å². The van der Waals surface area contributed by atoms with E-state index in [1.807, 2.05) is 11.4 Å². The lowest BCUT2D eigenvalue weighted by Crippen LogP contribution is -2.62. The molecule has 22 heavy (non-hydrogen) atoms. The number of amides is 1. The van der Waals surface area contributed by atoms with Gasteiger partial charge in [0.2, 0.25) is 0 Å². The van der Waals surface area contributed by atoms with Crippen LogP contribution in [0.25, 0.3) is 10.1 Å². The Bertz CT molecular complexity index is 719.